The van der Waals surface area contributed by atoms with Crippen molar-refractivity contribution in [2.45, 2.75) is 89.8 Å². The van der Waals surface area contributed by atoms with Crippen LogP contribution in [0.25, 0.3) is 0 Å². The second kappa shape index (κ2) is 5.92. The van der Waals surface area contributed by atoms with Crippen molar-refractivity contribution in [3.8, 4) is 0 Å². The van der Waals surface area contributed by atoms with Gasteiger partial charge in [-0.15, -0.1) is 0 Å². The van der Waals surface area contributed by atoms with Crippen molar-refractivity contribution in [2.75, 3.05) is 6.54 Å². The van der Waals surface area contributed by atoms with Gasteiger partial charge < -0.3 is 10.5 Å². The summed E-state index contributed by atoms with van der Waals surface area (Å²) in [4.78, 5) is 0. The van der Waals surface area contributed by atoms with Gasteiger partial charge in [0.1, 0.15) is 0 Å². The second-order valence-corrected chi connectivity index (χ2v) is 6.64. The maximum absolute atomic E-state index is 6.50. The lowest BCUT2D eigenvalue weighted by atomic mass is 9.77. The van der Waals surface area contributed by atoms with Crippen molar-refractivity contribution in [3.05, 3.63) is 0 Å². The Kier molecular flexibility index (Phi) is 4.71. The number of rotatable bonds is 5. The van der Waals surface area contributed by atoms with Crippen molar-refractivity contribution in [1.29, 1.82) is 0 Å². The Bertz CT molecular complexity index is 246. The summed E-state index contributed by atoms with van der Waals surface area (Å²) in [6.07, 6.45) is 13.4. The monoisotopic (exact) mass is 253 g/mol. The fourth-order valence-corrected chi connectivity index (χ4v) is 4.00. The lowest BCUT2D eigenvalue weighted by Crippen LogP contribution is -2.36. The molecule has 1 heterocycles. The summed E-state index contributed by atoms with van der Waals surface area (Å²) in [6.45, 7) is 5.37. The highest BCUT2D eigenvalue weighted by Gasteiger charge is 2.42. The van der Waals surface area contributed by atoms with Crippen LogP contribution in [0.5, 0.6) is 0 Å². The van der Waals surface area contributed by atoms with Crippen LogP contribution in [0, 0.1) is 5.41 Å². The molecule has 0 radical (unpaired) electrons. The average Bonchev–Trinajstić information content (AvgIpc) is 2.79. The first-order valence-corrected chi connectivity index (χ1v) is 8.05. The molecular weight excluding hydrogens is 222 g/mol. The van der Waals surface area contributed by atoms with Gasteiger partial charge in [-0.05, 0) is 56.9 Å². The van der Waals surface area contributed by atoms with Crippen LogP contribution in [0.4, 0.5) is 0 Å². The van der Waals surface area contributed by atoms with Gasteiger partial charge in [0.15, 0.2) is 0 Å². The molecule has 0 aromatic carbocycles. The summed E-state index contributed by atoms with van der Waals surface area (Å²) >= 11 is 0. The Balaban J connectivity index is 1.92. The maximum atomic E-state index is 6.50. The zero-order valence-corrected chi connectivity index (χ0v) is 12.3. The number of ether oxygens (including phenoxy) is 1. The van der Waals surface area contributed by atoms with Crippen LogP contribution in [-0.2, 0) is 4.74 Å². The summed E-state index contributed by atoms with van der Waals surface area (Å²) in [5.74, 6) is 0. The molecule has 0 aromatic heterocycles. The van der Waals surface area contributed by atoms with Gasteiger partial charge in [0.2, 0.25) is 0 Å². The molecule has 1 aliphatic carbocycles. The van der Waals surface area contributed by atoms with Gasteiger partial charge in [0.05, 0.1) is 11.7 Å². The van der Waals surface area contributed by atoms with E-state index in [2.05, 4.69) is 13.8 Å². The molecule has 106 valence electrons. The summed E-state index contributed by atoms with van der Waals surface area (Å²) in [5, 5.41) is 0. The van der Waals surface area contributed by atoms with Gasteiger partial charge >= 0.3 is 0 Å². The minimum atomic E-state index is 0.269. The van der Waals surface area contributed by atoms with Gasteiger partial charge in [-0.3, -0.25) is 0 Å². The van der Waals surface area contributed by atoms with Crippen molar-refractivity contribution in [1.82, 2.24) is 0 Å². The van der Waals surface area contributed by atoms with Crippen molar-refractivity contribution >= 4 is 0 Å². The predicted molar refractivity (Wildman–Crippen MR) is 76.6 cm³/mol. The van der Waals surface area contributed by atoms with Crippen LogP contribution in [0.15, 0.2) is 0 Å². The molecule has 0 bridgehead atoms. The molecule has 2 N–H and O–H groups in total. The molecule has 2 aliphatic rings. The van der Waals surface area contributed by atoms with Crippen LogP contribution in [-0.4, -0.2) is 18.2 Å². The number of hydrogen-bond acceptors (Lipinski definition) is 2. The van der Waals surface area contributed by atoms with Crippen LogP contribution in [0.3, 0.4) is 0 Å². The fourth-order valence-electron chi connectivity index (χ4n) is 4.00. The quantitative estimate of drug-likeness (QED) is 0.803. The number of hydrogen-bond donors (Lipinski definition) is 1. The summed E-state index contributed by atoms with van der Waals surface area (Å²) < 4.78 is 6.50. The topological polar surface area (TPSA) is 35.2 Å². The molecule has 1 unspecified atom stereocenters. The first-order valence-electron chi connectivity index (χ1n) is 8.05. The molecule has 18 heavy (non-hydrogen) atoms. The van der Waals surface area contributed by atoms with E-state index in [9.17, 15) is 0 Å². The molecule has 2 nitrogen and oxygen atoms in total. The zero-order chi connectivity index (χ0) is 13.1. The van der Waals surface area contributed by atoms with Gasteiger partial charge in [-0.2, -0.15) is 0 Å². The maximum Gasteiger partial charge on any atom is 0.0687 e. The van der Waals surface area contributed by atoms with E-state index >= 15 is 0 Å². The molecule has 1 aliphatic heterocycles. The third kappa shape index (κ3) is 2.91. The van der Waals surface area contributed by atoms with Gasteiger partial charge in [-0.25, -0.2) is 0 Å². The summed E-state index contributed by atoms with van der Waals surface area (Å²) in [6, 6.07) is 0. The Morgan fingerprint density at radius 2 is 1.78 bits per heavy atom. The minimum absolute atomic E-state index is 0.269. The minimum Gasteiger partial charge on any atom is -0.372 e. The van der Waals surface area contributed by atoms with Crippen molar-refractivity contribution in [3.63, 3.8) is 0 Å². The van der Waals surface area contributed by atoms with E-state index in [1.54, 1.807) is 0 Å². The molecule has 1 saturated heterocycles. The SMILES string of the molecule is CCC(CC)(CN)CC1CCC2(CCCCC2)O1. The highest BCUT2D eigenvalue weighted by Crippen LogP contribution is 2.45. The van der Waals surface area contributed by atoms with Crippen LogP contribution >= 0.6 is 0 Å². The molecule has 0 aromatic rings. The Hall–Kier alpha value is -0.0800. The third-order valence-corrected chi connectivity index (χ3v) is 5.70. The zero-order valence-electron chi connectivity index (χ0n) is 12.3. The lowest BCUT2D eigenvalue weighted by Gasteiger charge is -2.36. The van der Waals surface area contributed by atoms with E-state index in [4.69, 9.17) is 10.5 Å². The van der Waals surface area contributed by atoms with E-state index in [-0.39, 0.29) is 5.60 Å². The molecule has 1 saturated carbocycles. The molecule has 2 heteroatoms. The number of nitrogens with two attached hydrogens (primary N) is 1. The molecule has 1 spiro atoms. The van der Waals surface area contributed by atoms with Crippen molar-refractivity contribution < 1.29 is 4.74 Å². The first-order chi connectivity index (χ1) is 8.67. The van der Waals surface area contributed by atoms with E-state index in [1.807, 2.05) is 0 Å². The second-order valence-electron chi connectivity index (χ2n) is 6.64. The van der Waals surface area contributed by atoms with Gasteiger partial charge in [-0.1, -0.05) is 33.1 Å². The molecule has 2 fully saturated rings. The van der Waals surface area contributed by atoms with Crippen LogP contribution in [0.2, 0.25) is 0 Å². The molecule has 2 rings (SSSR count). The van der Waals surface area contributed by atoms with E-state index < -0.39 is 0 Å². The third-order valence-electron chi connectivity index (χ3n) is 5.70. The normalized spacial score (nSPS) is 27.8. The highest BCUT2D eigenvalue weighted by molar-refractivity contribution is 4.93. The Labute approximate surface area is 113 Å². The highest BCUT2D eigenvalue weighted by atomic mass is 16.5. The van der Waals surface area contributed by atoms with E-state index in [0.29, 0.717) is 11.5 Å². The Morgan fingerprint density at radius 3 is 2.33 bits per heavy atom. The van der Waals surface area contributed by atoms with Gasteiger partial charge in [0.25, 0.3) is 0 Å². The molecule has 1 atom stereocenters. The van der Waals surface area contributed by atoms with Crippen LogP contribution < -0.4 is 5.73 Å². The lowest BCUT2D eigenvalue weighted by molar-refractivity contribution is -0.0771. The largest absolute Gasteiger partial charge is 0.372 e. The molecule has 0 amide bonds. The predicted octanol–water partition coefficient (Wildman–Crippen LogP) is 4.02. The average molecular weight is 253 g/mol. The summed E-state index contributed by atoms with van der Waals surface area (Å²) in [5.41, 5.74) is 6.61. The molecular formula is C16H31NO. The van der Waals surface area contributed by atoms with E-state index in [0.717, 1.165) is 6.54 Å². The van der Waals surface area contributed by atoms with E-state index in [1.165, 1.54) is 64.2 Å². The van der Waals surface area contributed by atoms with Crippen molar-refractivity contribution in [2.24, 2.45) is 11.1 Å². The standard InChI is InChI=1S/C16H31NO/c1-3-15(4-2,13-17)12-14-8-11-16(18-14)9-6-5-7-10-16/h14H,3-13,17H2,1-2H3. The Morgan fingerprint density at radius 1 is 1.11 bits per heavy atom. The summed E-state index contributed by atoms with van der Waals surface area (Å²) in [7, 11) is 0. The van der Waals surface area contributed by atoms with Crippen LogP contribution in [0.1, 0.15) is 78.1 Å². The fraction of sp³-hybridized carbons (Fsp3) is 1.00. The first kappa shape index (κ1) is 14.3. The smallest absolute Gasteiger partial charge is 0.0687 e. The van der Waals surface area contributed by atoms with Gasteiger partial charge in [0, 0.05) is 0 Å².